The molecule has 7 heteroatoms. The van der Waals surface area contributed by atoms with Crippen LogP contribution in [0.3, 0.4) is 0 Å². The van der Waals surface area contributed by atoms with Gasteiger partial charge in [-0.05, 0) is 18.1 Å². The van der Waals surface area contributed by atoms with E-state index < -0.39 is 6.04 Å². The third kappa shape index (κ3) is 6.65. The van der Waals surface area contributed by atoms with Crippen molar-refractivity contribution in [3.8, 4) is 23.8 Å². The molecule has 0 saturated heterocycles. The van der Waals surface area contributed by atoms with Gasteiger partial charge in [-0.25, -0.2) is 0 Å². The number of methoxy groups -OCH3 is 2. The second-order valence-corrected chi connectivity index (χ2v) is 5.84. The highest BCUT2D eigenvalue weighted by Crippen LogP contribution is 2.22. The Hall–Kier alpha value is -2.72. The van der Waals surface area contributed by atoms with Crippen LogP contribution in [0.2, 0.25) is 0 Å². The third-order valence-electron chi connectivity index (χ3n) is 3.58. The van der Waals surface area contributed by atoms with Gasteiger partial charge in [-0.1, -0.05) is 19.8 Å². The van der Waals surface area contributed by atoms with Crippen molar-refractivity contribution in [3.63, 3.8) is 0 Å². The topological polar surface area (TPSA) is 85.9 Å². The lowest BCUT2D eigenvalue weighted by atomic mass is 10.0. The lowest BCUT2D eigenvalue weighted by Gasteiger charge is -2.22. The molecule has 0 aliphatic carbocycles. The van der Waals surface area contributed by atoms with Crippen molar-refractivity contribution in [2.75, 3.05) is 34.0 Å². The molecule has 142 valence electrons. The molecule has 1 atom stereocenters. The van der Waals surface area contributed by atoms with Gasteiger partial charge in [0.15, 0.2) is 0 Å². The number of nitrogens with one attached hydrogen (secondary N) is 2. The molecule has 0 aromatic heterocycles. The zero-order valence-electron chi connectivity index (χ0n) is 15.6. The minimum Gasteiger partial charge on any atom is -0.497 e. The standard InChI is InChI=1S/C19H26N2O5/c1-6-8-26-9-7-20-19(23)17(13(2)3)21-18(22)14-10-15(24-4)12-16(11-14)25-5/h1,10-13,17H,7-9H2,2-5H3,(H,20,23)(H,21,22)/t17-/m0/s1. The zero-order chi connectivity index (χ0) is 19.5. The van der Waals surface area contributed by atoms with Crippen LogP contribution in [-0.4, -0.2) is 51.8 Å². The first kappa shape index (κ1) is 21.3. The average molecular weight is 362 g/mol. The van der Waals surface area contributed by atoms with E-state index in [1.807, 2.05) is 13.8 Å². The predicted octanol–water partition coefficient (Wildman–Crippen LogP) is 1.22. The molecular weight excluding hydrogens is 336 g/mol. The molecule has 0 spiro atoms. The maximum Gasteiger partial charge on any atom is 0.252 e. The van der Waals surface area contributed by atoms with E-state index in [4.69, 9.17) is 20.6 Å². The first-order chi connectivity index (χ1) is 12.4. The van der Waals surface area contributed by atoms with Gasteiger partial charge in [0.25, 0.3) is 5.91 Å². The van der Waals surface area contributed by atoms with E-state index in [1.54, 1.807) is 18.2 Å². The van der Waals surface area contributed by atoms with Crippen LogP contribution in [0.15, 0.2) is 18.2 Å². The minimum atomic E-state index is -0.688. The highest BCUT2D eigenvalue weighted by atomic mass is 16.5. The van der Waals surface area contributed by atoms with Crippen LogP contribution in [0.1, 0.15) is 24.2 Å². The van der Waals surface area contributed by atoms with Crippen LogP contribution in [0.5, 0.6) is 11.5 Å². The van der Waals surface area contributed by atoms with Gasteiger partial charge in [0, 0.05) is 18.2 Å². The summed E-state index contributed by atoms with van der Waals surface area (Å²) in [5.74, 6) is 2.56. The molecule has 2 amide bonds. The number of hydrogen-bond acceptors (Lipinski definition) is 5. The predicted molar refractivity (Wildman–Crippen MR) is 98.3 cm³/mol. The van der Waals surface area contributed by atoms with Crippen LogP contribution in [0.4, 0.5) is 0 Å². The van der Waals surface area contributed by atoms with E-state index in [2.05, 4.69) is 16.6 Å². The molecule has 0 unspecified atom stereocenters. The van der Waals surface area contributed by atoms with E-state index in [0.29, 0.717) is 30.2 Å². The number of ether oxygens (including phenoxy) is 3. The molecule has 0 radical (unpaired) electrons. The van der Waals surface area contributed by atoms with Crippen LogP contribution in [0.25, 0.3) is 0 Å². The second-order valence-electron chi connectivity index (χ2n) is 5.84. The number of rotatable bonds is 10. The van der Waals surface area contributed by atoms with Crippen molar-refractivity contribution in [2.24, 2.45) is 5.92 Å². The van der Waals surface area contributed by atoms with Gasteiger partial charge >= 0.3 is 0 Å². The molecule has 26 heavy (non-hydrogen) atoms. The molecule has 1 rings (SSSR count). The molecule has 0 bridgehead atoms. The molecule has 2 N–H and O–H groups in total. The van der Waals surface area contributed by atoms with E-state index in [9.17, 15) is 9.59 Å². The Morgan fingerprint density at radius 2 is 1.77 bits per heavy atom. The number of hydrogen-bond donors (Lipinski definition) is 2. The van der Waals surface area contributed by atoms with Crippen molar-refractivity contribution in [3.05, 3.63) is 23.8 Å². The number of carbonyl (C=O) groups excluding carboxylic acids is 2. The summed E-state index contributed by atoms with van der Waals surface area (Å²) < 4.78 is 15.4. The smallest absolute Gasteiger partial charge is 0.252 e. The van der Waals surface area contributed by atoms with Gasteiger partial charge in [-0.3, -0.25) is 9.59 Å². The molecular formula is C19H26N2O5. The summed E-state index contributed by atoms with van der Waals surface area (Å²) in [6, 6.07) is 4.15. The largest absolute Gasteiger partial charge is 0.497 e. The molecule has 1 aromatic rings. The molecule has 0 heterocycles. The molecule has 0 fully saturated rings. The summed E-state index contributed by atoms with van der Waals surface area (Å²) >= 11 is 0. The summed E-state index contributed by atoms with van der Waals surface area (Å²) in [6.07, 6.45) is 5.08. The van der Waals surface area contributed by atoms with Gasteiger partial charge in [-0.2, -0.15) is 0 Å². The summed E-state index contributed by atoms with van der Waals surface area (Å²) in [7, 11) is 3.01. The molecule has 0 aliphatic rings. The lowest BCUT2D eigenvalue weighted by Crippen LogP contribution is -2.50. The Kier molecular flexibility index (Phi) is 9.02. The third-order valence-corrected chi connectivity index (χ3v) is 3.58. The van der Waals surface area contributed by atoms with Gasteiger partial charge in [0.05, 0.1) is 20.8 Å². The van der Waals surface area contributed by atoms with Crippen molar-refractivity contribution in [2.45, 2.75) is 19.9 Å². The number of amides is 2. The Morgan fingerprint density at radius 1 is 1.15 bits per heavy atom. The normalized spacial score (nSPS) is 11.4. The van der Waals surface area contributed by atoms with Gasteiger partial charge in [0.2, 0.25) is 5.91 Å². The Labute approximate surface area is 154 Å². The van der Waals surface area contributed by atoms with Gasteiger partial charge in [-0.15, -0.1) is 6.42 Å². The van der Waals surface area contributed by atoms with Crippen molar-refractivity contribution in [1.82, 2.24) is 10.6 Å². The van der Waals surface area contributed by atoms with Crippen molar-refractivity contribution >= 4 is 11.8 Å². The molecule has 1 aromatic carbocycles. The molecule has 0 aliphatic heterocycles. The van der Waals surface area contributed by atoms with Gasteiger partial charge < -0.3 is 24.8 Å². The highest BCUT2D eigenvalue weighted by molar-refractivity contribution is 5.98. The summed E-state index contributed by atoms with van der Waals surface area (Å²) in [6.45, 7) is 4.52. The van der Waals surface area contributed by atoms with E-state index >= 15 is 0 Å². The minimum absolute atomic E-state index is 0.0990. The fourth-order valence-electron chi connectivity index (χ4n) is 2.19. The first-order valence-corrected chi connectivity index (χ1v) is 8.25. The maximum atomic E-state index is 12.6. The van der Waals surface area contributed by atoms with E-state index in [0.717, 1.165) is 0 Å². The zero-order valence-corrected chi connectivity index (χ0v) is 15.6. The van der Waals surface area contributed by atoms with Gasteiger partial charge in [0.1, 0.15) is 24.1 Å². The average Bonchev–Trinajstić information content (AvgIpc) is 2.64. The number of benzene rings is 1. The van der Waals surface area contributed by atoms with Crippen molar-refractivity contribution < 1.29 is 23.8 Å². The second kappa shape index (κ2) is 11.0. The fraction of sp³-hybridized carbons (Fsp3) is 0.474. The summed E-state index contributed by atoms with van der Waals surface area (Å²) in [5, 5.41) is 5.48. The monoisotopic (exact) mass is 362 g/mol. The van der Waals surface area contributed by atoms with Crippen LogP contribution >= 0.6 is 0 Å². The fourth-order valence-corrected chi connectivity index (χ4v) is 2.19. The van der Waals surface area contributed by atoms with E-state index in [-0.39, 0.29) is 24.3 Å². The first-order valence-electron chi connectivity index (χ1n) is 8.25. The van der Waals surface area contributed by atoms with Crippen LogP contribution in [-0.2, 0) is 9.53 Å². The summed E-state index contributed by atoms with van der Waals surface area (Å²) in [5.41, 5.74) is 0.344. The number of terminal acetylenes is 1. The Morgan fingerprint density at radius 3 is 2.27 bits per heavy atom. The van der Waals surface area contributed by atoms with E-state index in [1.165, 1.54) is 14.2 Å². The molecule has 7 nitrogen and oxygen atoms in total. The quantitative estimate of drug-likeness (QED) is 0.483. The van der Waals surface area contributed by atoms with Crippen LogP contribution < -0.4 is 20.1 Å². The SMILES string of the molecule is C#CCOCCNC(=O)[C@@H](NC(=O)c1cc(OC)cc(OC)c1)C(C)C. The number of carbonyl (C=O) groups is 2. The lowest BCUT2D eigenvalue weighted by molar-refractivity contribution is -0.124. The summed E-state index contributed by atoms with van der Waals surface area (Å²) in [4.78, 5) is 24.9. The van der Waals surface area contributed by atoms with Crippen molar-refractivity contribution in [1.29, 1.82) is 0 Å². The maximum absolute atomic E-state index is 12.6. The molecule has 0 saturated carbocycles. The van der Waals surface area contributed by atoms with Crippen LogP contribution in [0, 0.1) is 18.3 Å². The highest BCUT2D eigenvalue weighted by Gasteiger charge is 2.24. The Balaban J connectivity index is 2.76. The Bertz CT molecular complexity index is 630.